The highest BCUT2D eigenvalue weighted by atomic mass is 32.2. The van der Waals surface area contributed by atoms with Gasteiger partial charge in [-0.1, -0.05) is 0 Å². The number of rotatable bonds is 3. The van der Waals surface area contributed by atoms with Gasteiger partial charge in [-0.15, -0.1) is 0 Å². The molecule has 1 amide bonds. The molecule has 134 valence electrons. The van der Waals surface area contributed by atoms with Crippen LogP contribution in [0, 0.1) is 18.8 Å². The maximum atomic E-state index is 12.7. The summed E-state index contributed by atoms with van der Waals surface area (Å²) in [6.45, 7) is 5.01. The summed E-state index contributed by atoms with van der Waals surface area (Å²) in [6, 6.07) is 1.36. The molecule has 0 bridgehead atoms. The average molecular weight is 355 g/mol. The zero-order valence-electron chi connectivity index (χ0n) is 14.4. The Morgan fingerprint density at radius 3 is 2.38 bits per heavy atom. The van der Waals surface area contributed by atoms with E-state index in [4.69, 9.17) is 4.42 Å². The van der Waals surface area contributed by atoms with Crippen molar-refractivity contribution in [2.45, 2.75) is 24.7 Å². The number of hydrogen-bond donors (Lipinski definition) is 1. The molecular weight excluding hydrogens is 330 g/mol. The first-order chi connectivity index (χ1) is 11.3. The standard InChI is InChI=1S/C16H25N3O4S/c1-11-15(24(21,22)18(2)3)8-14(23-11)16(20)19-6-4-12-9-17-10-13(12)5-7-19/h8,12-13,17H,4-7,9-10H2,1-3H3/t12-,13+. The molecule has 1 N–H and O–H groups in total. The van der Waals surface area contributed by atoms with Gasteiger partial charge < -0.3 is 14.6 Å². The minimum Gasteiger partial charge on any atom is -0.455 e. The van der Waals surface area contributed by atoms with Gasteiger partial charge >= 0.3 is 0 Å². The van der Waals surface area contributed by atoms with Gasteiger partial charge in [0.05, 0.1) is 0 Å². The van der Waals surface area contributed by atoms with Gasteiger partial charge in [0, 0.05) is 33.3 Å². The number of nitrogens with zero attached hydrogens (tertiary/aromatic N) is 2. The topological polar surface area (TPSA) is 82.9 Å². The molecule has 24 heavy (non-hydrogen) atoms. The van der Waals surface area contributed by atoms with Crippen LogP contribution >= 0.6 is 0 Å². The fourth-order valence-electron chi connectivity index (χ4n) is 3.60. The van der Waals surface area contributed by atoms with E-state index in [1.54, 1.807) is 11.8 Å². The smallest absolute Gasteiger partial charge is 0.289 e. The number of carbonyl (C=O) groups excluding carboxylic acids is 1. The van der Waals surface area contributed by atoms with Gasteiger partial charge in [0.25, 0.3) is 5.91 Å². The molecule has 2 fully saturated rings. The highest BCUT2D eigenvalue weighted by Crippen LogP contribution is 2.29. The summed E-state index contributed by atoms with van der Waals surface area (Å²) in [5.41, 5.74) is 0. The summed E-state index contributed by atoms with van der Waals surface area (Å²) >= 11 is 0. The van der Waals surface area contributed by atoms with Crippen molar-refractivity contribution in [2.24, 2.45) is 11.8 Å². The van der Waals surface area contributed by atoms with Gasteiger partial charge in [0.15, 0.2) is 5.76 Å². The lowest BCUT2D eigenvalue weighted by Gasteiger charge is -2.19. The molecule has 1 aromatic heterocycles. The number of hydrogen-bond acceptors (Lipinski definition) is 5. The number of nitrogens with one attached hydrogen (secondary N) is 1. The van der Waals surface area contributed by atoms with E-state index in [9.17, 15) is 13.2 Å². The third-order valence-corrected chi connectivity index (χ3v) is 7.07. The summed E-state index contributed by atoms with van der Waals surface area (Å²) in [5, 5.41) is 3.41. The van der Waals surface area contributed by atoms with Crippen molar-refractivity contribution >= 4 is 15.9 Å². The second kappa shape index (κ2) is 6.50. The molecule has 2 saturated heterocycles. The lowest BCUT2D eigenvalue weighted by Crippen LogP contribution is -2.32. The van der Waals surface area contributed by atoms with E-state index in [1.165, 1.54) is 20.2 Å². The molecule has 2 aliphatic heterocycles. The van der Waals surface area contributed by atoms with Crippen LogP contribution in [0.2, 0.25) is 0 Å². The molecule has 0 saturated carbocycles. The van der Waals surface area contributed by atoms with E-state index in [2.05, 4.69) is 5.32 Å². The number of aryl methyl sites for hydroxylation is 1. The molecular formula is C16H25N3O4S. The Bertz CT molecular complexity index is 712. The number of carbonyl (C=O) groups is 1. The van der Waals surface area contributed by atoms with Gasteiger partial charge in [0.2, 0.25) is 10.0 Å². The lowest BCUT2D eigenvalue weighted by molar-refractivity contribution is 0.0725. The molecule has 3 heterocycles. The van der Waals surface area contributed by atoms with Crippen molar-refractivity contribution in [1.29, 1.82) is 0 Å². The Morgan fingerprint density at radius 1 is 1.25 bits per heavy atom. The van der Waals surface area contributed by atoms with E-state index in [-0.39, 0.29) is 22.3 Å². The van der Waals surface area contributed by atoms with E-state index in [0.29, 0.717) is 24.9 Å². The summed E-state index contributed by atoms with van der Waals surface area (Å²) in [4.78, 5) is 14.6. The quantitative estimate of drug-likeness (QED) is 0.871. The molecule has 2 aliphatic rings. The molecule has 2 atom stereocenters. The highest BCUT2D eigenvalue weighted by molar-refractivity contribution is 7.89. The van der Waals surface area contributed by atoms with Crippen LogP contribution in [0.25, 0.3) is 0 Å². The first-order valence-corrected chi connectivity index (χ1v) is 9.77. The van der Waals surface area contributed by atoms with Gasteiger partial charge in [-0.3, -0.25) is 4.79 Å². The lowest BCUT2D eigenvalue weighted by atomic mass is 9.92. The van der Waals surface area contributed by atoms with Crippen LogP contribution in [0.4, 0.5) is 0 Å². The largest absolute Gasteiger partial charge is 0.455 e. The zero-order valence-corrected chi connectivity index (χ0v) is 15.2. The second-order valence-corrected chi connectivity index (χ2v) is 8.99. The molecule has 7 nitrogen and oxygen atoms in total. The van der Waals surface area contributed by atoms with Gasteiger partial charge in [-0.2, -0.15) is 0 Å². The van der Waals surface area contributed by atoms with E-state index in [0.717, 1.165) is 30.2 Å². The minimum absolute atomic E-state index is 0.0618. The van der Waals surface area contributed by atoms with Crippen LogP contribution in [0.15, 0.2) is 15.4 Å². The number of likely N-dealkylation sites (tertiary alicyclic amines) is 1. The maximum Gasteiger partial charge on any atom is 0.289 e. The monoisotopic (exact) mass is 355 g/mol. The SMILES string of the molecule is Cc1oc(C(=O)N2CC[C@@H]3CNC[C@@H]3CC2)cc1S(=O)(=O)N(C)C. The van der Waals surface area contributed by atoms with Gasteiger partial charge in [-0.25, -0.2) is 12.7 Å². The van der Waals surface area contributed by atoms with Crippen molar-refractivity contribution in [1.82, 2.24) is 14.5 Å². The van der Waals surface area contributed by atoms with E-state index < -0.39 is 10.0 Å². The van der Waals surface area contributed by atoms with Gasteiger partial charge in [0.1, 0.15) is 10.7 Å². The minimum atomic E-state index is -3.61. The second-order valence-electron chi connectivity index (χ2n) is 6.87. The van der Waals surface area contributed by atoms with Crippen LogP contribution in [0.1, 0.15) is 29.2 Å². The summed E-state index contributed by atoms with van der Waals surface area (Å²) in [6.07, 6.45) is 1.96. The first-order valence-electron chi connectivity index (χ1n) is 8.33. The molecule has 0 aromatic carbocycles. The Kier molecular flexibility index (Phi) is 4.72. The normalized spacial score (nSPS) is 24.9. The molecule has 1 aromatic rings. The van der Waals surface area contributed by atoms with Gasteiger partial charge in [-0.05, 0) is 44.7 Å². The average Bonchev–Trinajstić information content (AvgIpc) is 3.08. The van der Waals surface area contributed by atoms with Crippen LogP contribution < -0.4 is 5.32 Å². The van der Waals surface area contributed by atoms with E-state index in [1.807, 2.05) is 0 Å². The Balaban J connectivity index is 1.78. The molecule has 8 heteroatoms. The molecule has 0 spiro atoms. The highest BCUT2D eigenvalue weighted by Gasteiger charge is 2.33. The van der Waals surface area contributed by atoms with Crippen LogP contribution in [0.3, 0.4) is 0 Å². The number of furan rings is 1. The van der Waals surface area contributed by atoms with Crippen molar-refractivity contribution in [3.05, 3.63) is 17.6 Å². The summed E-state index contributed by atoms with van der Waals surface area (Å²) in [7, 11) is -0.684. The van der Waals surface area contributed by atoms with Crippen LogP contribution in [-0.2, 0) is 10.0 Å². The fourth-order valence-corrected chi connectivity index (χ4v) is 4.65. The van der Waals surface area contributed by atoms with Crippen LogP contribution in [0.5, 0.6) is 0 Å². The Hall–Kier alpha value is -1.38. The maximum absolute atomic E-state index is 12.7. The first kappa shape index (κ1) is 17.4. The van der Waals surface area contributed by atoms with Crippen molar-refractivity contribution < 1.29 is 17.6 Å². The van der Waals surface area contributed by atoms with Crippen molar-refractivity contribution in [3.8, 4) is 0 Å². The number of sulfonamides is 1. The zero-order chi connectivity index (χ0) is 17.5. The van der Waals surface area contributed by atoms with E-state index >= 15 is 0 Å². The Labute approximate surface area is 143 Å². The van der Waals surface area contributed by atoms with Crippen LogP contribution in [-0.4, -0.2) is 63.8 Å². The molecule has 0 unspecified atom stereocenters. The third kappa shape index (κ3) is 3.10. The Morgan fingerprint density at radius 2 is 1.83 bits per heavy atom. The third-order valence-electron chi connectivity index (χ3n) is 5.15. The fraction of sp³-hybridized carbons (Fsp3) is 0.688. The van der Waals surface area contributed by atoms with Crippen molar-refractivity contribution in [2.75, 3.05) is 40.3 Å². The molecule has 0 aliphatic carbocycles. The predicted molar refractivity (Wildman–Crippen MR) is 89.3 cm³/mol. The number of fused-ring (bicyclic) bond motifs is 1. The molecule has 0 radical (unpaired) electrons. The van der Waals surface area contributed by atoms with Crippen molar-refractivity contribution in [3.63, 3.8) is 0 Å². The number of amides is 1. The summed E-state index contributed by atoms with van der Waals surface area (Å²) in [5.74, 6) is 1.41. The predicted octanol–water partition coefficient (Wildman–Crippen LogP) is 0.910. The summed E-state index contributed by atoms with van der Waals surface area (Å²) < 4.78 is 31.2. The molecule has 3 rings (SSSR count).